The maximum atomic E-state index is 12.3. The summed E-state index contributed by atoms with van der Waals surface area (Å²) < 4.78 is 11.2. The van der Waals surface area contributed by atoms with Gasteiger partial charge in [-0.15, -0.1) is 0 Å². The average Bonchev–Trinajstić information content (AvgIpc) is 2.60. The Morgan fingerprint density at radius 3 is 2.83 bits per heavy atom. The van der Waals surface area contributed by atoms with Crippen molar-refractivity contribution in [3.05, 3.63) is 48.1 Å². The number of hydrogen-bond acceptors (Lipinski definition) is 4. The molecule has 1 aliphatic carbocycles. The molecule has 0 bridgehead atoms. The molecule has 24 heavy (non-hydrogen) atoms. The Morgan fingerprint density at radius 2 is 2.08 bits per heavy atom. The molecule has 2 aliphatic rings. The molecule has 1 aliphatic heterocycles. The third kappa shape index (κ3) is 3.50. The highest BCUT2D eigenvalue weighted by molar-refractivity contribution is 6.01. The lowest BCUT2D eigenvalue weighted by atomic mass is 9.85. The summed E-state index contributed by atoms with van der Waals surface area (Å²) in [6, 6.07) is 7.31. The third-order valence-electron chi connectivity index (χ3n) is 4.40. The lowest BCUT2D eigenvalue weighted by Gasteiger charge is -2.25. The van der Waals surface area contributed by atoms with E-state index < -0.39 is 6.10 Å². The first-order valence-corrected chi connectivity index (χ1v) is 8.12. The molecular formula is C19H22N2O3. The standard InChI is InChI=1S/C19H22N2O3/c1-12(2)14-9-8-13(3)15(10-14)20-21-19(22)18-11-23-16-6-4-5-7-17(16)24-18/h4-8,14,18H,1,9-11H2,2-3H3,(H,21,22)/t14-,18+/m1/s1. The molecule has 0 saturated heterocycles. The van der Waals surface area contributed by atoms with Gasteiger partial charge in [-0.2, -0.15) is 5.10 Å². The summed E-state index contributed by atoms with van der Waals surface area (Å²) in [4.78, 5) is 12.3. The van der Waals surface area contributed by atoms with Gasteiger partial charge in [0.15, 0.2) is 11.5 Å². The van der Waals surface area contributed by atoms with Gasteiger partial charge >= 0.3 is 0 Å². The number of hydrazone groups is 1. The van der Waals surface area contributed by atoms with Crippen LogP contribution in [-0.2, 0) is 4.79 Å². The van der Waals surface area contributed by atoms with Gasteiger partial charge in [0.1, 0.15) is 6.61 Å². The van der Waals surface area contributed by atoms with Crippen molar-refractivity contribution in [1.82, 2.24) is 5.43 Å². The fourth-order valence-electron chi connectivity index (χ4n) is 2.77. The zero-order chi connectivity index (χ0) is 17.1. The molecule has 0 spiro atoms. The largest absolute Gasteiger partial charge is 0.485 e. The summed E-state index contributed by atoms with van der Waals surface area (Å²) in [5.74, 6) is 1.31. The van der Waals surface area contributed by atoms with Gasteiger partial charge in [-0.25, -0.2) is 5.43 Å². The first kappa shape index (κ1) is 16.3. The van der Waals surface area contributed by atoms with E-state index in [1.807, 2.05) is 32.0 Å². The first-order valence-electron chi connectivity index (χ1n) is 8.12. The van der Waals surface area contributed by atoms with Crippen molar-refractivity contribution in [2.45, 2.75) is 32.8 Å². The molecule has 126 valence electrons. The molecule has 0 unspecified atom stereocenters. The molecule has 1 aromatic carbocycles. The van der Waals surface area contributed by atoms with Crippen molar-refractivity contribution >= 4 is 11.6 Å². The van der Waals surface area contributed by atoms with Gasteiger partial charge in [-0.1, -0.05) is 30.4 Å². The number of amides is 1. The molecule has 0 saturated carbocycles. The van der Waals surface area contributed by atoms with E-state index in [1.165, 1.54) is 0 Å². The van der Waals surface area contributed by atoms with Crippen molar-refractivity contribution in [3.8, 4) is 11.5 Å². The van der Waals surface area contributed by atoms with Crippen LogP contribution in [0.15, 0.2) is 53.2 Å². The zero-order valence-corrected chi connectivity index (χ0v) is 14.0. The van der Waals surface area contributed by atoms with Crippen LogP contribution in [0.5, 0.6) is 11.5 Å². The van der Waals surface area contributed by atoms with E-state index in [1.54, 1.807) is 6.07 Å². The van der Waals surface area contributed by atoms with Gasteiger partial charge < -0.3 is 9.47 Å². The maximum Gasteiger partial charge on any atom is 0.284 e. The molecule has 2 atom stereocenters. The molecule has 1 N–H and O–H groups in total. The summed E-state index contributed by atoms with van der Waals surface area (Å²) in [7, 11) is 0. The Kier molecular flexibility index (Phi) is 4.69. The van der Waals surface area contributed by atoms with E-state index >= 15 is 0 Å². The topological polar surface area (TPSA) is 59.9 Å². The number of hydrogen-bond donors (Lipinski definition) is 1. The highest BCUT2D eigenvalue weighted by Crippen LogP contribution is 2.31. The van der Waals surface area contributed by atoms with Crippen molar-refractivity contribution in [3.63, 3.8) is 0 Å². The van der Waals surface area contributed by atoms with E-state index in [-0.39, 0.29) is 12.5 Å². The highest BCUT2D eigenvalue weighted by Gasteiger charge is 2.27. The first-order chi connectivity index (χ1) is 11.5. The third-order valence-corrected chi connectivity index (χ3v) is 4.40. The van der Waals surface area contributed by atoms with Gasteiger partial charge in [-0.05, 0) is 50.3 Å². The second kappa shape index (κ2) is 6.91. The van der Waals surface area contributed by atoms with Gasteiger partial charge in [0.05, 0.1) is 5.71 Å². The number of nitrogens with zero attached hydrogens (tertiary/aromatic N) is 1. The molecule has 0 aromatic heterocycles. The van der Waals surface area contributed by atoms with Crippen molar-refractivity contribution in [1.29, 1.82) is 0 Å². The molecule has 1 heterocycles. The highest BCUT2D eigenvalue weighted by atomic mass is 16.6. The fraction of sp³-hybridized carbons (Fsp3) is 0.368. The summed E-state index contributed by atoms with van der Waals surface area (Å²) in [6.45, 7) is 8.24. The number of carbonyl (C=O) groups excluding carboxylic acids is 1. The van der Waals surface area contributed by atoms with Gasteiger partial charge in [0, 0.05) is 0 Å². The van der Waals surface area contributed by atoms with Gasteiger partial charge in [0.25, 0.3) is 5.91 Å². The summed E-state index contributed by atoms with van der Waals surface area (Å²) in [5.41, 5.74) is 5.74. The monoisotopic (exact) mass is 326 g/mol. The molecule has 0 fully saturated rings. The zero-order valence-electron chi connectivity index (χ0n) is 14.0. The minimum absolute atomic E-state index is 0.177. The van der Waals surface area contributed by atoms with Crippen LogP contribution in [0.3, 0.4) is 0 Å². The lowest BCUT2D eigenvalue weighted by molar-refractivity contribution is -0.130. The molecule has 5 heteroatoms. The van der Waals surface area contributed by atoms with Crippen LogP contribution in [0.25, 0.3) is 0 Å². The van der Waals surface area contributed by atoms with Crippen molar-refractivity contribution in [2.24, 2.45) is 11.0 Å². The van der Waals surface area contributed by atoms with Crippen LogP contribution in [0.4, 0.5) is 0 Å². The number of fused-ring (bicyclic) bond motifs is 1. The summed E-state index contributed by atoms with van der Waals surface area (Å²) >= 11 is 0. The number of carbonyl (C=O) groups is 1. The van der Waals surface area contributed by atoms with Crippen molar-refractivity contribution < 1.29 is 14.3 Å². The van der Waals surface area contributed by atoms with E-state index in [9.17, 15) is 4.79 Å². The normalized spacial score (nSPS) is 24.2. The van der Waals surface area contributed by atoms with Crippen LogP contribution >= 0.6 is 0 Å². The van der Waals surface area contributed by atoms with Crippen LogP contribution in [-0.4, -0.2) is 24.3 Å². The number of rotatable bonds is 3. The van der Waals surface area contributed by atoms with Gasteiger partial charge in [-0.3, -0.25) is 4.79 Å². The molecular weight excluding hydrogens is 304 g/mol. The van der Waals surface area contributed by atoms with Crippen LogP contribution in [0.1, 0.15) is 26.7 Å². The predicted molar refractivity (Wildman–Crippen MR) is 93.2 cm³/mol. The summed E-state index contributed by atoms with van der Waals surface area (Å²) in [5, 5.41) is 4.30. The number of ether oxygens (including phenoxy) is 2. The Bertz CT molecular complexity index is 721. The van der Waals surface area contributed by atoms with Gasteiger partial charge in [0.2, 0.25) is 6.10 Å². The molecule has 1 aromatic rings. The second-order valence-electron chi connectivity index (χ2n) is 6.27. The maximum absolute atomic E-state index is 12.3. The minimum Gasteiger partial charge on any atom is -0.485 e. The van der Waals surface area contributed by atoms with Crippen LogP contribution < -0.4 is 14.9 Å². The molecule has 0 radical (unpaired) electrons. The molecule has 3 rings (SSSR count). The predicted octanol–water partition coefficient (Wildman–Crippen LogP) is 3.23. The minimum atomic E-state index is -0.700. The number of allylic oxidation sites excluding steroid dienone is 3. The van der Waals surface area contributed by atoms with E-state index in [2.05, 4.69) is 23.2 Å². The van der Waals surface area contributed by atoms with Crippen molar-refractivity contribution in [2.75, 3.05) is 6.61 Å². The fourth-order valence-corrected chi connectivity index (χ4v) is 2.77. The summed E-state index contributed by atoms with van der Waals surface area (Å²) in [6.07, 6.45) is 3.21. The quantitative estimate of drug-likeness (QED) is 0.685. The Hall–Kier alpha value is -2.56. The van der Waals surface area contributed by atoms with E-state index in [0.29, 0.717) is 17.4 Å². The SMILES string of the molecule is C=C(C)[C@@H]1CC=C(C)C(=NNC(=O)[C@@H]2COc3ccccc3O2)C1. The average molecular weight is 326 g/mol. The van der Waals surface area contributed by atoms with Crippen LogP contribution in [0.2, 0.25) is 0 Å². The van der Waals surface area contributed by atoms with E-state index in [0.717, 1.165) is 29.7 Å². The molecule has 1 amide bonds. The Morgan fingerprint density at radius 1 is 1.33 bits per heavy atom. The number of nitrogens with one attached hydrogen (secondary N) is 1. The lowest BCUT2D eigenvalue weighted by Crippen LogP contribution is -2.42. The molecule has 5 nitrogen and oxygen atoms in total. The Labute approximate surface area is 142 Å². The smallest absolute Gasteiger partial charge is 0.284 e. The van der Waals surface area contributed by atoms with Crippen LogP contribution in [0, 0.1) is 5.92 Å². The second-order valence-corrected chi connectivity index (χ2v) is 6.27. The number of benzene rings is 1. The van der Waals surface area contributed by atoms with E-state index in [4.69, 9.17) is 9.47 Å². The Balaban J connectivity index is 1.64. The number of para-hydroxylation sites is 2.